The van der Waals surface area contributed by atoms with Crippen molar-refractivity contribution in [3.8, 4) is 5.75 Å². The first-order chi connectivity index (χ1) is 9.68. The maximum atomic E-state index is 11.5. The molecule has 2 N–H and O–H groups in total. The highest BCUT2D eigenvalue weighted by molar-refractivity contribution is 7.89. The van der Waals surface area contributed by atoms with Crippen molar-refractivity contribution in [3.63, 3.8) is 0 Å². The Balaban J connectivity index is 2.36. The molecule has 1 atom stereocenters. The first-order valence-electron chi connectivity index (χ1n) is 7.09. The maximum Gasteiger partial charge on any atom is 0.238 e. The lowest BCUT2D eigenvalue weighted by Crippen LogP contribution is -2.29. The lowest BCUT2D eigenvalue weighted by molar-refractivity contribution is 0.00668. The van der Waals surface area contributed by atoms with E-state index in [0.29, 0.717) is 12.4 Å². The van der Waals surface area contributed by atoms with Gasteiger partial charge in [-0.1, -0.05) is 20.8 Å². The normalized spacial score (nSPS) is 20.3. The monoisotopic (exact) mass is 313 g/mol. The van der Waals surface area contributed by atoms with Crippen LogP contribution in [-0.4, -0.2) is 27.7 Å². The van der Waals surface area contributed by atoms with Crippen LogP contribution in [0.5, 0.6) is 5.75 Å². The van der Waals surface area contributed by atoms with Gasteiger partial charge in [0.1, 0.15) is 11.9 Å². The molecule has 0 aliphatic carbocycles. The number of primary sulfonamides is 1. The van der Waals surface area contributed by atoms with Crippen molar-refractivity contribution in [2.75, 3.05) is 13.2 Å². The molecule has 1 fully saturated rings. The van der Waals surface area contributed by atoms with E-state index < -0.39 is 10.0 Å². The minimum atomic E-state index is -3.72. The van der Waals surface area contributed by atoms with E-state index in [9.17, 15) is 8.42 Å². The zero-order valence-electron chi connectivity index (χ0n) is 12.8. The summed E-state index contributed by atoms with van der Waals surface area (Å²) in [6.45, 7) is 7.38. The van der Waals surface area contributed by atoms with Gasteiger partial charge < -0.3 is 9.47 Å². The molecular weight excluding hydrogens is 290 g/mol. The number of benzene rings is 1. The van der Waals surface area contributed by atoms with Crippen LogP contribution in [0.1, 0.15) is 39.2 Å². The van der Waals surface area contributed by atoms with E-state index in [2.05, 4.69) is 0 Å². The molecule has 2 rings (SSSR count). The summed E-state index contributed by atoms with van der Waals surface area (Å²) in [5.74, 6) is 0.699. The quantitative estimate of drug-likeness (QED) is 0.927. The summed E-state index contributed by atoms with van der Waals surface area (Å²) < 4.78 is 34.5. The number of nitrogens with two attached hydrogens (primary N) is 1. The van der Waals surface area contributed by atoms with Crippen LogP contribution in [0.2, 0.25) is 0 Å². The molecule has 0 saturated carbocycles. The molecule has 21 heavy (non-hydrogen) atoms. The average Bonchev–Trinajstić information content (AvgIpc) is 2.38. The summed E-state index contributed by atoms with van der Waals surface area (Å²) in [4.78, 5) is 0.111. The van der Waals surface area contributed by atoms with Gasteiger partial charge in [-0.05, 0) is 36.5 Å². The van der Waals surface area contributed by atoms with Crippen molar-refractivity contribution in [3.05, 3.63) is 23.8 Å². The predicted octanol–water partition coefficient (Wildman–Crippen LogP) is 2.19. The molecular formula is C15H23NO4S. The van der Waals surface area contributed by atoms with Gasteiger partial charge in [0, 0.05) is 12.2 Å². The van der Waals surface area contributed by atoms with Crippen LogP contribution in [0.3, 0.4) is 0 Å². The highest BCUT2D eigenvalue weighted by atomic mass is 32.2. The Morgan fingerprint density at radius 3 is 2.57 bits per heavy atom. The topological polar surface area (TPSA) is 78.6 Å². The van der Waals surface area contributed by atoms with Gasteiger partial charge in [0.05, 0.1) is 11.5 Å². The fourth-order valence-electron chi connectivity index (χ4n) is 2.36. The number of hydrogen-bond acceptors (Lipinski definition) is 4. The third-order valence-electron chi connectivity index (χ3n) is 3.50. The largest absolute Gasteiger partial charge is 0.488 e. The fourth-order valence-corrected chi connectivity index (χ4v) is 2.90. The summed E-state index contributed by atoms with van der Waals surface area (Å²) in [5, 5.41) is 5.21. The van der Waals surface area contributed by atoms with Crippen LogP contribution in [0.4, 0.5) is 0 Å². The minimum absolute atomic E-state index is 0.0141. The molecule has 1 aromatic carbocycles. The summed E-state index contributed by atoms with van der Waals surface area (Å²) in [5.41, 5.74) is 0.588. The van der Waals surface area contributed by atoms with Gasteiger partial charge in [-0.3, -0.25) is 0 Å². The van der Waals surface area contributed by atoms with Gasteiger partial charge in [0.2, 0.25) is 10.0 Å². The SMILES string of the molecule is CC(C)(C)c1cc(S(N)(=O)=O)ccc1OC1CCCOC1. The van der Waals surface area contributed by atoms with Crippen LogP contribution < -0.4 is 9.88 Å². The second-order valence-corrected chi connectivity index (χ2v) is 7.97. The van der Waals surface area contributed by atoms with Crippen molar-refractivity contribution < 1.29 is 17.9 Å². The van der Waals surface area contributed by atoms with Crippen molar-refractivity contribution in [1.29, 1.82) is 0 Å². The summed E-state index contributed by atoms with van der Waals surface area (Å²) in [6.07, 6.45) is 1.94. The molecule has 0 aromatic heterocycles. The molecule has 1 aliphatic heterocycles. The summed E-state index contributed by atoms with van der Waals surface area (Å²) in [6, 6.07) is 4.78. The zero-order chi connectivity index (χ0) is 15.7. The molecule has 1 unspecified atom stereocenters. The maximum absolute atomic E-state index is 11.5. The van der Waals surface area contributed by atoms with E-state index in [1.807, 2.05) is 20.8 Å². The standard InChI is InChI=1S/C15H23NO4S/c1-15(2,3)13-9-12(21(16,17)18)6-7-14(13)20-11-5-4-8-19-10-11/h6-7,9,11H,4-5,8,10H2,1-3H3,(H2,16,17,18). The molecule has 5 nitrogen and oxygen atoms in total. The minimum Gasteiger partial charge on any atom is -0.488 e. The molecule has 1 saturated heterocycles. The van der Waals surface area contributed by atoms with Gasteiger partial charge >= 0.3 is 0 Å². The zero-order valence-corrected chi connectivity index (χ0v) is 13.6. The van der Waals surface area contributed by atoms with Gasteiger partial charge in [0.25, 0.3) is 0 Å². The Bertz CT molecular complexity index is 599. The van der Waals surface area contributed by atoms with Crippen molar-refractivity contribution in [2.45, 2.75) is 50.0 Å². The van der Waals surface area contributed by atoms with E-state index >= 15 is 0 Å². The molecule has 0 spiro atoms. The van der Waals surface area contributed by atoms with Crippen LogP contribution in [-0.2, 0) is 20.2 Å². The van der Waals surface area contributed by atoms with E-state index in [4.69, 9.17) is 14.6 Å². The molecule has 118 valence electrons. The van der Waals surface area contributed by atoms with Crippen molar-refractivity contribution in [2.24, 2.45) is 5.14 Å². The first kappa shape index (κ1) is 16.3. The average molecular weight is 313 g/mol. The molecule has 1 aromatic rings. The molecule has 0 amide bonds. The van der Waals surface area contributed by atoms with Gasteiger partial charge in [-0.25, -0.2) is 13.6 Å². The van der Waals surface area contributed by atoms with Crippen LogP contribution >= 0.6 is 0 Å². The first-order valence-corrected chi connectivity index (χ1v) is 8.64. The van der Waals surface area contributed by atoms with Gasteiger partial charge in [0.15, 0.2) is 0 Å². The molecule has 0 bridgehead atoms. The van der Waals surface area contributed by atoms with Crippen LogP contribution in [0.25, 0.3) is 0 Å². The Morgan fingerprint density at radius 2 is 2.05 bits per heavy atom. The lowest BCUT2D eigenvalue weighted by atomic mass is 9.86. The predicted molar refractivity (Wildman–Crippen MR) is 81.0 cm³/mol. The highest BCUT2D eigenvalue weighted by Gasteiger charge is 2.24. The highest BCUT2D eigenvalue weighted by Crippen LogP contribution is 2.34. The van der Waals surface area contributed by atoms with Crippen LogP contribution in [0, 0.1) is 0 Å². The number of sulfonamides is 1. The van der Waals surface area contributed by atoms with Crippen molar-refractivity contribution >= 4 is 10.0 Å². The Hall–Kier alpha value is -1.11. The Kier molecular flexibility index (Phi) is 4.60. The smallest absolute Gasteiger partial charge is 0.238 e. The fraction of sp³-hybridized carbons (Fsp3) is 0.600. The third kappa shape index (κ3) is 4.18. The van der Waals surface area contributed by atoms with Gasteiger partial charge in [-0.15, -0.1) is 0 Å². The number of rotatable bonds is 3. The second kappa shape index (κ2) is 5.94. The van der Waals surface area contributed by atoms with E-state index in [0.717, 1.165) is 25.0 Å². The van der Waals surface area contributed by atoms with E-state index in [1.54, 1.807) is 12.1 Å². The van der Waals surface area contributed by atoms with E-state index in [-0.39, 0.29) is 16.4 Å². The molecule has 1 aliphatic rings. The summed E-state index contributed by atoms with van der Waals surface area (Å²) >= 11 is 0. The lowest BCUT2D eigenvalue weighted by Gasteiger charge is -2.28. The number of hydrogen-bond donors (Lipinski definition) is 1. The summed E-state index contributed by atoms with van der Waals surface area (Å²) in [7, 11) is -3.72. The molecule has 1 heterocycles. The van der Waals surface area contributed by atoms with Gasteiger partial charge in [-0.2, -0.15) is 0 Å². The Morgan fingerprint density at radius 1 is 1.33 bits per heavy atom. The third-order valence-corrected chi connectivity index (χ3v) is 4.41. The second-order valence-electron chi connectivity index (χ2n) is 6.41. The Labute approximate surface area is 126 Å². The van der Waals surface area contributed by atoms with Crippen molar-refractivity contribution in [1.82, 2.24) is 0 Å². The molecule has 0 radical (unpaired) electrons. The molecule has 6 heteroatoms. The van der Waals surface area contributed by atoms with E-state index in [1.165, 1.54) is 6.07 Å². The number of ether oxygens (including phenoxy) is 2. The van der Waals surface area contributed by atoms with Crippen LogP contribution in [0.15, 0.2) is 23.1 Å².